The van der Waals surface area contributed by atoms with Crippen molar-refractivity contribution in [3.05, 3.63) is 0 Å². The summed E-state index contributed by atoms with van der Waals surface area (Å²) in [4.78, 5) is 2.82. The third-order valence-electron chi connectivity index (χ3n) is 5.43. The summed E-state index contributed by atoms with van der Waals surface area (Å²) in [5.41, 5.74) is 0. The molecule has 1 N–H and O–H groups in total. The van der Waals surface area contributed by atoms with E-state index < -0.39 is 0 Å². The van der Waals surface area contributed by atoms with Gasteiger partial charge < -0.3 is 5.32 Å². The molecule has 0 amide bonds. The van der Waals surface area contributed by atoms with Gasteiger partial charge in [-0.3, -0.25) is 4.90 Å². The van der Waals surface area contributed by atoms with Crippen LogP contribution in [0, 0.1) is 11.8 Å². The van der Waals surface area contributed by atoms with Crippen LogP contribution in [0.25, 0.3) is 0 Å². The number of likely N-dealkylation sites (tertiary alicyclic amines) is 1. The Kier molecular flexibility index (Phi) is 4.25. The van der Waals surface area contributed by atoms with E-state index in [1.54, 1.807) is 0 Å². The predicted molar refractivity (Wildman–Crippen MR) is 76.7 cm³/mol. The molecular weight excluding hydrogens is 220 g/mol. The third kappa shape index (κ3) is 3.08. The SMILES string of the molecule is CCC(C1CCC1)N1CCCC(NCC2CC2)C1. The first-order valence-corrected chi connectivity index (χ1v) is 8.34. The van der Waals surface area contributed by atoms with Crippen molar-refractivity contribution in [3.63, 3.8) is 0 Å². The van der Waals surface area contributed by atoms with E-state index in [0.717, 1.165) is 23.9 Å². The monoisotopic (exact) mass is 250 g/mol. The van der Waals surface area contributed by atoms with Crippen LogP contribution in [-0.2, 0) is 0 Å². The molecule has 2 nitrogen and oxygen atoms in total. The molecule has 2 unspecified atom stereocenters. The van der Waals surface area contributed by atoms with Gasteiger partial charge in [-0.05, 0) is 69.9 Å². The summed E-state index contributed by atoms with van der Waals surface area (Å²) < 4.78 is 0. The van der Waals surface area contributed by atoms with Crippen LogP contribution in [0.4, 0.5) is 0 Å². The second-order valence-corrected chi connectivity index (χ2v) is 6.85. The van der Waals surface area contributed by atoms with Crippen molar-refractivity contribution in [2.75, 3.05) is 19.6 Å². The number of hydrogen-bond donors (Lipinski definition) is 1. The van der Waals surface area contributed by atoms with Gasteiger partial charge in [-0.15, -0.1) is 0 Å². The lowest BCUT2D eigenvalue weighted by molar-refractivity contribution is 0.0627. The summed E-state index contributed by atoms with van der Waals surface area (Å²) in [7, 11) is 0. The first-order chi connectivity index (χ1) is 8.86. The molecule has 0 aromatic carbocycles. The molecule has 0 radical (unpaired) electrons. The molecule has 0 spiro atoms. The number of hydrogen-bond acceptors (Lipinski definition) is 2. The smallest absolute Gasteiger partial charge is 0.0195 e. The Balaban J connectivity index is 1.47. The van der Waals surface area contributed by atoms with Crippen LogP contribution in [0.15, 0.2) is 0 Å². The number of piperidine rings is 1. The van der Waals surface area contributed by atoms with Gasteiger partial charge in [0.05, 0.1) is 0 Å². The quantitative estimate of drug-likeness (QED) is 0.779. The fourth-order valence-electron chi connectivity index (χ4n) is 3.84. The van der Waals surface area contributed by atoms with Crippen molar-refractivity contribution in [3.8, 4) is 0 Å². The highest BCUT2D eigenvalue weighted by Gasteiger charge is 2.33. The highest BCUT2D eigenvalue weighted by Crippen LogP contribution is 2.35. The number of nitrogens with zero attached hydrogens (tertiary/aromatic N) is 1. The topological polar surface area (TPSA) is 15.3 Å². The van der Waals surface area contributed by atoms with Crippen LogP contribution in [-0.4, -0.2) is 36.6 Å². The van der Waals surface area contributed by atoms with Crippen molar-refractivity contribution in [1.82, 2.24) is 10.2 Å². The average molecular weight is 250 g/mol. The van der Waals surface area contributed by atoms with E-state index >= 15 is 0 Å². The summed E-state index contributed by atoms with van der Waals surface area (Å²) >= 11 is 0. The zero-order valence-corrected chi connectivity index (χ0v) is 12.0. The molecular formula is C16H30N2. The maximum absolute atomic E-state index is 3.83. The molecule has 3 rings (SSSR count). The van der Waals surface area contributed by atoms with Crippen molar-refractivity contribution in [1.29, 1.82) is 0 Å². The van der Waals surface area contributed by atoms with Crippen molar-refractivity contribution in [2.45, 2.75) is 70.4 Å². The Morgan fingerprint density at radius 3 is 2.56 bits per heavy atom. The maximum Gasteiger partial charge on any atom is 0.0195 e. The van der Waals surface area contributed by atoms with Gasteiger partial charge in [-0.2, -0.15) is 0 Å². The van der Waals surface area contributed by atoms with Crippen molar-refractivity contribution in [2.24, 2.45) is 11.8 Å². The Morgan fingerprint density at radius 2 is 1.94 bits per heavy atom. The first-order valence-electron chi connectivity index (χ1n) is 8.34. The zero-order chi connectivity index (χ0) is 12.4. The molecule has 2 heteroatoms. The number of nitrogens with one attached hydrogen (secondary N) is 1. The minimum atomic E-state index is 0.786. The molecule has 1 saturated heterocycles. The molecule has 2 aliphatic carbocycles. The lowest BCUT2D eigenvalue weighted by atomic mass is 9.77. The van der Waals surface area contributed by atoms with E-state index in [2.05, 4.69) is 17.1 Å². The van der Waals surface area contributed by atoms with Gasteiger partial charge in [0.1, 0.15) is 0 Å². The summed E-state index contributed by atoms with van der Waals surface area (Å²) in [6, 6.07) is 1.68. The molecule has 18 heavy (non-hydrogen) atoms. The second-order valence-electron chi connectivity index (χ2n) is 6.85. The van der Waals surface area contributed by atoms with Gasteiger partial charge >= 0.3 is 0 Å². The summed E-state index contributed by atoms with van der Waals surface area (Å²) in [5, 5.41) is 3.83. The Morgan fingerprint density at radius 1 is 1.11 bits per heavy atom. The minimum absolute atomic E-state index is 0.786. The first kappa shape index (κ1) is 12.9. The molecule has 0 aromatic rings. The molecule has 0 bridgehead atoms. The van der Waals surface area contributed by atoms with Gasteiger partial charge in [0.2, 0.25) is 0 Å². The van der Waals surface area contributed by atoms with E-state index in [1.807, 2.05) is 0 Å². The standard InChI is InChI=1S/C16H30N2/c1-2-16(14-5-3-6-14)18-10-4-7-15(12-18)17-11-13-8-9-13/h13-17H,2-12H2,1H3. The van der Waals surface area contributed by atoms with Gasteiger partial charge in [0.25, 0.3) is 0 Å². The van der Waals surface area contributed by atoms with Crippen LogP contribution in [0.1, 0.15) is 58.3 Å². The summed E-state index contributed by atoms with van der Waals surface area (Å²) in [6.07, 6.45) is 11.6. The highest BCUT2D eigenvalue weighted by molar-refractivity contribution is 4.89. The molecule has 0 aromatic heterocycles. The Labute approximate surface area is 113 Å². The van der Waals surface area contributed by atoms with E-state index in [1.165, 1.54) is 71.0 Å². The van der Waals surface area contributed by atoms with Crippen LogP contribution < -0.4 is 5.32 Å². The van der Waals surface area contributed by atoms with Gasteiger partial charge in [0, 0.05) is 18.6 Å². The lowest BCUT2D eigenvalue weighted by Gasteiger charge is -2.44. The largest absolute Gasteiger partial charge is 0.312 e. The van der Waals surface area contributed by atoms with Crippen LogP contribution >= 0.6 is 0 Å². The van der Waals surface area contributed by atoms with E-state index in [-0.39, 0.29) is 0 Å². The number of rotatable bonds is 6. The fraction of sp³-hybridized carbons (Fsp3) is 1.00. The van der Waals surface area contributed by atoms with Crippen LogP contribution in [0.5, 0.6) is 0 Å². The van der Waals surface area contributed by atoms with E-state index in [0.29, 0.717) is 0 Å². The normalized spacial score (nSPS) is 32.2. The molecule has 3 fully saturated rings. The third-order valence-corrected chi connectivity index (χ3v) is 5.43. The maximum atomic E-state index is 3.83. The minimum Gasteiger partial charge on any atom is -0.312 e. The molecule has 104 valence electrons. The van der Waals surface area contributed by atoms with Crippen LogP contribution in [0.3, 0.4) is 0 Å². The van der Waals surface area contributed by atoms with Crippen molar-refractivity contribution < 1.29 is 0 Å². The fourth-order valence-corrected chi connectivity index (χ4v) is 3.84. The van der Waals surface area contributed by atoms with E-state index in [4.69, 9.17) is 0 Å². The molecule has 1 heterocycles. The Bertz CT molecular complexity index is 258. The molecule has 3 aliphatic rings. The predicted octanol–water partition coefficient (Wildman–Crippen LogP) is 3.03. The molecule has 1 aliphatic heterocycles. The van der Waals surface area contributed by atoms with E-state index in [9.17, 15) is 0 Å². The summed E-state index contributed by atoms with van der Waals surface area (Å²) in [5.74, 6) is 2.05. The summed E-state index contributed by atoms with van der Waals surface area (Å²) in [6.45, 7) is 6.36. The second kappa shape index (κ2) is 5.92. The average Bonchev–Trinajstić information content (AvgIpc) is 3.15. The highest BCUT2D eigenvalue weighted by atomic mass is 15.2. The molecule has 2 saturated carbocycles. The Hall–Kier alpha value is -0.0800. The van der Waals surface area contributed by atoms with Crippen molar-refractivity contribution >= 4 is 0 Å². The van der Waals surface area contributed by atoms with Gasteiger partial charge in [-0.25, -0.2) is 0 Å². The zero-order valence-electron chi connectivity index (χ0n) is 12.0. The molecule has 2 atom stereocenters. The lowest BCUT2D eigenvalue weighted by Crippen LogP contribution is -2.52. The van der Waals surface area contributed by atoms with Gasteiger partial charge in [-0.1, -0.05) is 13.3 Å². The van der Waals surface area contributed by atoms with Gasteiger partial charge in [0.15, 0.2) is 0 Å². The van der Waals surface area contributed by atoms with Crippen LogP contribution in [0.2, 0.25) is 0 Å².